The number of halogens is 3. The molecule has 1 fully saturated rings. The van der Waals surface area contributed by atoms with Gasteiger partial charge in [-0.15, -0.1) is 12.4 Å². The van der Waals surface area contributed by atoms with E-state index in [1.807, 2.05) is 12.1 Å². The van der Waals surface area contributed by atoms with Crippen LogP contribution in [0, 0.1) is 5.82 Å². The summed E-state index contributed by atoms with van der Waals surface area (Å²) in [7, 11) is 0. The van der Waals surface area contributed by atoms with Gasteiger partial charge in [-0.3, -0.25) is 4.90 Å². The van der Waals surface area contributed by atoms with Gasteiger partial charge in [0, 0.05) is 31.2 Å². The van der Waals surface area contributed by atoms with Gasteiger partial charge in [0.1, 0.15) is 11.6 Å². The van der Waals surface area contributed by atoms with E-state index in [1.54, 1.807) is 12.3 Å². The van der Waals surface area contributed by atoms with Crippen LogP contribution in [0.3, 0.4) is 0 Å². The third kappa shape index (κ3) is 3.58. The Morgan fingerprint density at radius 1 is 1.24 bits per heavy atom. The Morgan fingerprint density at radius 3 is 2.67 bits per heavy atom. The van der Waals surface area contributed by atoms with Crippen LogP contribution in [0.25, 0.3) is 0 Å². The van der Waals surface area contributed by atoms with E-state index in [9.17, 15) is 4.39 Å². The third-order valence-corrected chi connectivity index (χ3v) is 3.93. The molecule has 3 rings (SSSR count). The summed E-state index contributed by atoms with van der Waals surface area (Å²) in [6.07, 6.45) is 1.64. The van der Waals surface area contributed by atoms with Crippen molar-refractivity contribution in [3.8, 4) is 0 Å². The zero-order chi connectivity index (χ0) is 13.9. The van der Waals surface area contributed by atoms with E-state index >= 15 is 0 Å². The minimum Gasteiger partial charge on any atom is -0.467 e. The molecule has 0 unspecified atom stereocenters. The second-order valence-electron chi connectivity index (χ2n) is 4.87. The van der Waals surface area contributed by atoms with Crippen molar-refractivity contribution in [2.45, 2.75) is 6.04 Å². The van der Waals surface area contributed by atoms with Crippen LogP contribution >= 0.6 is 24.0 Å². The molecule has 114 valence electrons. The molecule has 0 spiro atoms. The van der Waals surface area contributed by atoms with Gasteiger partial charge >= 0.3 is 0 Å². The summed E-state index contributed by atoms with van der Waals surface area (Å²) in [5.74, 6) is 0.510. The van der Waals surface area contributed by atoms with Crippen LogP contribution in [0.4, 0.5) is 4.39 Å². The van der Waals surface area contributed by atoms with Gasteiger partial charge in [0.25, 0.3) is 0 Å². The molecule has 0 amide bonds. The molecule has 1 aliphatic heterocycles. The van der Waals surface area contributed by atoms with Gasteiger partial charge < -0.3 is 9.73 Å². The highest BCUT2D eigenvalue weighted by atomic mass is 35.5. The number of benzene rings is 1. The smallest absolute Gasteiger partial charge is 0.125 e. The largest absolute Gasteiger partial charge is 0.467 e. The van der Waals surface area contributed by atoms with Crippen molar-refractivity contribution in [2.75, 3.05) is 26.2 Å². The average molecular weight is 331 g/mol. The third-order valence-electron chi connectivity index (χ3n) is 3.58. The van der Waals surface area contributed by atoms with Crippen molar-refractivity contribution < 1.29 is 8.81 Å². The fourth-order valence-corrected chi connectivity index (χ4v) is 2.86. The van der Waals surface area contributed by atoms with Crippen molar-refractivity contribution in [1.29, 1.82) is 0 Å². The van der Waals surface area contributed by atoms with Crippen LogP contribution < -0.4 is 5.32 Å². The van der Waals surface area contributed by atoms with Crippen LogP contribution in [-0.2, 0) is 0 Å². The normalized spacial score (nSPS) is 17.2. The molecular formula is C15H17Cl2FN2O. The fourth-order valence-electron chi connectivity index (χ4n) is 2.64. The standard InChI is InChI=1S/C15H16ClFN2O.ClH/c16-13-4-3-11(17)10-12(13)15(14-2-1-9-20-14)19-7-5-18-6-8-19;/h1-4,9-10,15,18H,5-8H2;1H/t15-;/m0./s1. The lowest BCUT2D eigenvalue weighted by atomic mass is 10.0. The van der Waals surface area contributed by atoms with E-state index in [-0.39, 0.29) is 24.3 Å². The first kappa shape index (κ1) is 16.3. The van der Waals surface area contributed by atoms with E-state index in [0.29, 0.717) is 5.02 Å². The SMILES string of the molecule is Cl.Fc1ccc(Cl)c([C@@H](c2ccco2)N2CCNCC2)c1. The van der Waals surface area contributed by atoms with Gasteiger partial charge in [0.05, 0.1) is 12.3 Å². The lowest BCUT2D eigenvalue weighted by Gasteiger charge is -2.34. The zero-order valence-electron chi connectivity index (χ0n) is 11.4. The first-order valence-electron chi connectivity index (χ1n) is 6.69. The Bertz CT molecular complexity index is 571. The molecule has 3 nitrogen and oxygen atoms in total. The van der Waals surface area contributed by atoms with Gasteiger partial charge in [0.15, 0.2) is 0 Å². The summed E-state index contributed by atoms with van der Waals surface area (Å²) in [5.41, 5.74) is 0.753. The molecule has 21 heavy (non-hydrogen) atoms. The van der Waals surface area contributed by atoms with Gasteiger partial charge in [-0.1, -0.05) is 11.6 Å². The Labute approximate surface area is 134 Å². The minimum absolute atomic E-state index is 0. The molecule has 1 aromatic heterocycles. The van der Waals surface area contributed by atoms with E-state index in [4.69, 9.17) is 16.0 Å². The van der Waals surface area contributed by atoms with Crippen LogP contribution in [0.5, 0.6) is 0 Å². The van der Waals surface area contributed by atoms with Crippen molar-refractivity contribution >= 4 is 24.0 Å². The summed E-state index contributed by atoms with van der Waals surface area (Å²) in [6, 6.07) is 8.09. The van der Waals surface area contributed by atoms with Gasteiger partial charge in [0.2, 0.25) is 0 Å². The Morgan fingerprint density at radius 2 is 2.00 bits per heavy atom. The first-order chi connectivity index (χ1) is 9.75. The molecule has 6 heteroatoms. The van der Waals surface area contributed by atoms with Crippen LogP contribution in [0.15, 0.2) is 41.0 Å². The highest BCUT2D eigenvalue weighted by Crippen LogP contribution is 2.34. The maximum atomic E-state index is 13.6. The molecule has 0 radical (unpaired) electrons. The van der Waals surface area contributed by atoms with E-state index in [0.717, 1.165) is 37.5 Å². The average Bonchev–Trinajstić information content (AvgIpc) is 2.98. The Balaban J connectivity index is 0.00000161. The number of furan rings is 1. The van der Waals surface area contributed by atoms with E-state index in [2.05, 4.69) is 10.2 Å². The predicted octanol–water partition coefficient (Wildman–Crippen LogP) is 3.49. The van der Waals surface area contributed by atoms with Crippen LogP contribution in [0.1, 0.15) is 17.4 Å². The van der Waals surface area contributed by atoms with Gasteiger partial charge in [-0.2, -0.15) is 0 Å². The summed E-state index contributed by atoms with van der Waals surface area (Å²) < 4.78 is 19.2. The number of hydrogen-bond acceptors (Lipinski definition) is 3. The van der Waals surface area contributed by atoms with Crippen molar-refractivity contribution in [1.82, 2.24) is 10.2 Å². The van der Waals surface area contributed by atoms with E-state index in [1.165, 1.54) is 12.1 Å². The second kappa shape index (κ2) is 7.27. The topological polar surface area (TPSA) is 28.4 Å². The van der Waals surface area contributed by atoms with Crippen LogP contribution in [0.2, 0.25) is 5.02 Å². The van der Waals surface area contributed by atoms with Gasteiger partial charge in [-0.25, -0.2) is 4.39 Å². The lowest BCUT2D eigenvalue weighted by Crippen LogP contribution is -2.45. The summed E-state index contributed by atoms with van der Waals surface area (Å²) in [5, 5.41) is 3.87. The monoisotopic (exact) mass is 330 g/mol. The van der Waals surface area contributed by atoms with Crippen LogP contribution in [-0.4, -0.2) is 31.1 Å². The number of piperazine rings is 1. The molecule has 1 N–H and O–H groups in total. The molecule has 1 saturated heterocycles. The fraction of sp³-hybridized carbons (Fsp3) is 0.333. The lowest BCUT2D eigenvalue weighted by molar-refractivity contribution is 0.180. The van der Waals surface area contributed by atoms with Crippen molar-refractivity contribution in [3.63, 3.8) is 0 Å². The zero-order valence-corrected chi connectivity index (χ0v) is 13.0. The van der Waals surface area contributed by atoms with Crippen molar-refractivity contribution in [2.24, 2.45) is 0 Å². The highest BCUT2D eigenvalue weighted by Gasteiger charge is 2.28. The van der Waals surface area contributed by atoms with E-state index < -0.39 is 0 Å². The first-order valence-corrected chi connectivity index (χ1v) is 7.06. The predicted molar refractivity (Wildman–Crippen MR) is 83.7 cm³/mol. The quantitative estimate of drug-likeness (QED) is 0.933. The molecular weight excluding hydrogens is 314 g/mol. The second-order valence-corrected chi connectivity index (χ2v) is 5.28. The maximum absolute atomic E-state index is 13.6. The Kier molecular flexibility index (Phi) is 5.65. The number of hydrogen-bond donors (Lipinski definition) is 1. The molecule has 1 aromatic carbocycles. The molecule has 2 aromatic rings. The van der Waals surface area contributed by atoms with Crippen molar-refractivity contribution in [3.05, 3.63) is 58.8 Å². The summed E-state index contributed by atoms with van der Waals surface area (Å²) >= 11 is 6.28. The molecule has 0 saturated carbocycles. The minimum atomic E-state index is -0.281. The molecule has 0 aliphatic carbocycles. The molecule has 1 aliphatic rings. The summed E-state index contributed by atoms with van der Waals surface area (Å²) in [4.78, 5) is 2.26. The molecule has 0 bridgehead atoms. The van der Waals surface area contributed by atoms with Gasteiger partial charge in [-0.05, 0) is 35.9 Å². The number of nitrogens with one attached hydrogen (secondary N) is 1. The highest BCUT2D eigenvalue weighted by molar-refractivity contribution is 6.31. The summed E-state index contributed by atoms with van der Waals surface area (Å²) in [6.45, 7) is 3.56. The number of nitrogens with zero attached hydrogens (tertiary/aromatic N) is 1. The molecule has 1 atom stereocenters. The molecule has 2 heterocycles. The maximum Gasteiger partial charge on any atom is 0.125 e. The Hall–Kier alpha value is -1.07. The number of rotatable bonds is 3.